The van der Waals surface area contributed by atoms with Crippen LogP contribution in [0.25, 0.3) is 35.4 Å². The second-order valence-electron chi connectivity index (χ2n) is 7.28. The van der Waals surface area contributed by atoms with Crippen LogP contribution < -0.4 is 0 Å². The Morgan fingerprint density at radius 3 is 0.875 bits per heavy atom. The van der Waals surface area contributed by atoms with Crippen LogP contribution in [0.2, 0.25) is 0 Å². The molecule has 154 valence electrons. The number of hydrogen-bond donors (Lipinski definition) is 0. The number of hydrogen-bond acceptors (Lipinski definition) is 4. The Balaban J connectivity index is 1.41. The summed E-state index contributed by atoms with van der Waals surface area (Å²) >= 11 is 0. The van der Waals surface area contributed by atoms with E-state index in [1.54, 1.807) is 24.3 Å². The van der Waals surface area contributed by atoms with Gasteiger partial charge in [0.15, 0.2) is 0 Å². The van der Waals surface area contributed by atoms with Gasteiger partial charge in [-0.15, -0.1) is 9.81 Å². The highest BCUT2D eigenvalue weighted by molar-refractivity contribution is 5.74. The summed E-state index contributed by atoms with van der Waals surface area (Å²) in [5.41, 5.74) is 7.39. The van der Waals surface area contributed by atoms with Crippen LogP contribution in [0.5, 0.6) is 0 Å². The molecule has 0 saturated carbocycles. The lowest BCUT2D eigenvalue weighted by Gasteiger charge is -2.04. The summed E-state index contributed by atoms with van der Waals surface area (Å²) in [4.78, 5) is 21.0. The molecule has 4 nitrogen and oxygen atoms in total. The molecule has 32 heavy (non-hydrogen) atoms. The third-order valence-electron chi connectivity index (χ3n) is 5.09. The fourth-order valence-electron chi connectivity index (χ4n) is 3.25. The lowest BCUT2D eigenvalue weighted by Crippen LogP contribution is -1.80. The van der Waals surface area contributed by atoms with Gasteiger partial charge >= 0.3 is 0 Å². The molecule has 0 bridgehead atoms. The first-order valence-electron chi connectivity index (χ1n) is 10.2. The molecule has 0 radical (unpaired) electrons. The molecule has 0 unspecified atom stereocenters. The minimum atomic E-state index is 0.429. The molecular weight excluding hydrogens is 396 g/mol. The van der Waals surface area contributed by atoms with Crippen molar-refractivity contribution in [1.82, 2.24) is 0 Å². The average Bonchev–Trinajstić information content (AvgIpc) is 2.87. The summed E-state index contributed by atoms with van der Waals surface area (Å²) in [6.07, 6.45) is 8.10. The Labute approximate surface area is 186 Å². The van der Waals surface area contributed by atoms with E-state index >= 15 is 0 Å². The van der Waals surface area contributed by atoms with Gasteiger partial charge in [-0.3, -0.25) is 0 Å². The summed E-state index contributed by atoms with van der Waals surface area (Å²) < 4.78 is 0. The Kier molecular flexibility index (Phi) is 6.54. The molecule has 4 rings (SSSR count). The van der Waals surface area contributed by atoms with Gasteiger partial charge in [-0.2, -0.15) is 0 Å². The van der Waals surface area contributed by atoms with E-state index < -0.39 is 0 Å². The van der Waals surface area contributed by atoms with E-state index in [2.05, 4.69) is 58.9 Å². The molecule has 0 saturated heterocycles. The van der Waals surface area contributed by atoms with Crippen LogP contribution in [-0.2, 0) is 0 Å². The van der Waals surface area contributed by atoms with Gasteiger partial charge in [0.25, 0.3) is 0 Å². The second-order valence-corrected chi connectivity index (χ2v) is 7.28. The van der Waals surface area contributed by atoms with Crippen LogP contribution in [0.4, 0.5) is 11.4 Å². The molecule has 0 amide bonds. The molecule has 0 N–H and O–H groups in total. The molecule has 0 fully saturated rings. The van der Waals surface area contributed by atoms with Crippen LogP contribution >= 0.6 is 0 Å². The van der Waals surface area contributed by atoms with Crippen LogP contribution in [0.15, 0.2) is 107 Å². The quantitative estimate of drug-likeness (QED) is 0.224. The van der Waals surface area contributed by atoms with E-state index in [-0.39, 0.29) is 0 Å². The predicted molar refractivity (Wildman–Crippen MR) is 134 cm³/mol. The van der Waals surface area contributed by atoms with Crippen molar-refractivity contribution in [1.29, 1.82) is 0 Å². The van der Waals surface area contributed by atoms with Crippen LogP contribution in [-0.4, -0.2) is 0 Å². The molecular formula is C28H20N2O2. The molecule has 0 heterocycles. The van der Waals surface area contributed by atoms with E-state index in [1.165, 1.54) is 0 Å². The molecule has 4 aromatic rings. The van der Waals surface area contributed by atoms with Crippen molar-refractivity contribution in [2.24, 2.45) is 10.4 Å². The van der Waals surface area contributed by atoms with Gasteiger partial charge in [0.1, 0.15) is 11.4 Å². The summed E-state index contributed by atoms with van der Waals surface area (Å²) in [5, 5.41) is 5.83. The fraction of sp³-hybridized carbons (Fsp3) is 0. The normalized spacial score (nSPS) is 11.1. The highest BCUT2D eigenvalue weighted by atomic mass is 16.3. The Morgan fingerprint density at radius 2 is 0.625 bits per heavy atom. The smallest absolute Gasteiger partial charge is 0.108 e. The van der Waals surface area contributed by atoms with Gasteiger partial charge in [-0.25, -0.2) is 0 Å². The first kappa shape index (κ1) is 20.8. The van der Waals surface area contributed by atoms with Crippen LogP contribution in [0.1, 0.15) is 22.3 Å². The van der Waals surface area contributed by atoms with Gasteiger partial charge in [-0.1, -0.05) is 97.1 Å². The topological polar surface area (TPSA) is 58.9 Å². The molecule has 0 aliphatic rings. The minimum Gasteiger partial charge on any atom is -0.145 e. The molecule has 0 atom stereocenters. The second kappa shape index (κ2) is 10.0. The summed E-state index contributed by atoms with van der Waals surface area (Å²) in [6.45, 7) is 0. The van der Waals surface area contributed by atoms with Crippen molar-refractivity contribution in [3.05, 3.63) is 129 Å². The molecule has 4 heteroatoms. The summed E-state index contributed by atoms with van der Waals surface area (Å²) in [7, 11) is 0. The minimum absolute atomic E-state index is 0.429. The van der Waals surface area contributed by atoms with E-state index in [9.17, 15) is 9.81 Å². The monoisotopic (exact) mass is 416 g/mol. The molecule has 0 aromatic heterocycles. The zero-order chi connectivity index (χ0) is 22.2. The van der Waals surface area contributed by atoms with E-state index in [0.29, 0.717) is 11.4 Å². The number of nitroso groups, excluding NO2 is 2. The number of rotatable bonds is 7. The molecule has 4 aromatic carbocycles. The van der Waals surface area contributed by atoms with Crippen LogP contribution in [0, 0.1) is 9.81 Å². The predicted octanol–water partition coefficient (Wildman–Crippen LogP) is 8.49. The van der Waals surface area contributed by atoms with E-state index in [0.717, 1.165) is 33.4 Å². The Morgan fingerprint density at radius 1 is 0.375 bits per heavy atom. The maximum Gasteiger partial charge on any atom is 0.108 e. The molecule has 0 spiro atoms. The van der Waals surface area contributed by atoms with Crippen molar-refractivity contribution >= 4 is 35.7 Å². The highest BCUT2D eigenvalue weighted by Crippen LogP contribution is 2.22. The molecule has 0 aliphatic carbocycles. The van der Waals surface area contributed by atoms with Gasteiger partial charge < -0.3 is 0 Å². The van der Waals surface area contributed by atoms with E-state index in [1.807, 2.05) is 48.6 Å². The largest absolute Gasteiger partial charge is 0.145 e. The zero-order valence-electron chi connectivity index (χ0n) is 17.3. The summed E-state index contributed by atoms with van der Waals surface area (Å²) in [5.74, 6) is 0. The number of benzene rings is 4. The zero-order valence-corrected chi connectivity index (χ0v) is 17.3. The van der Waals surface area contributed by atoms with Crippen molar-refractivity contribution in [2.45, 2.75) is 0 Å². The first-order valence-corrected chi connectivity index (χ1v) is 10.2. The lowest BCUT2D eigenvalue weighted by molar-refractivity contribution is 1.49. The Bertz CT molecular complexity index is 1150. The van der Waals surface area contributed by atoms with Gasteiger partial charge in [-0.05, 0) is 68.0 Å². The third kappa shape index (κ3) is 5.37. The summed E-state index contributed by atoms with van der Waals surface area (Å²) in [6, 6.07) is 31.0. The van der Waals surface area contributed by atoms with Gasteiger partial charge in [0, 0.05) is 0 Å². The average molecular weight is 416 g/mol. The SMILES string of the molecule is O=Nc1ccc(C=Cc2ccc(-c3ccc(C=Cc4ccc(N=O)cc4)cc3)cc2)cc1. The van der Waals surface area contributed by atoms with Crippen molar-refractivity contribution < 1.29 is 0 Å². The van der Waals surface area contributed by atoms with Crippen molar-refractivity contribution in [3.63, 3.8) is 0 Å². The van der Waals surface area contributed by atoms with Crippen molar-refractivity contribution in [2.75, 3.05) is 0 Å². The van der Waals surface area contributed by atoms with Crippen molar-refractivity contribution in [3.8, 4) is 11.1 Å². The highest BCUT2D eigenvalue weighted by Gasteiger charge is 1.98. The maximum atomic E-state index is 10.5. The third-order valence-corrected chi connectivity index (χ3v) is 5.09. The Hall–Kier alpha value is -4.44. The maximum absolute atomic E-state index is 10.5. The van der Waals surface area contributed by atoms with Gasteiger partial charge in [0.05, 0.1) is 0 Å². The first-order chi connectivity index (χ1) is 15.7. The lowest BCUT2D eigenvalue weighted by atomic mass is 10.0. The standard InChI is InChI=1S/C28H20N2O2/c31-29-27-17-9-23(10-18-27)3-1-21-5-13-25(14-6-21)26-15-7-22(8-16-26)2-4-24-11-19-28(30-32)20-12-24/h1-20H. The van der Waals surface area contributed by atoms with Gasteiger partial charge in [0.2, 0.25) is 0 Å². The molecule has 0 aliphatic heterocycles. The number of nitrogens with zero attached hydrogens (tertiary/aromatic N) is 2. The van der Waals surface area contributed by atoms with Crippen LogP contribution in [0.3, 0.4) is 0 Å². The fourth-order valence-corrected chi connectivity index (χ4v) is 3.25. The van der Waals surface area contributed by atoms with E-state index in [4.69, 9.17) is 0 Å².